The van der Waals surface area contributed by atoms with Gasteiger partial charge in [-0.1, -0.05) is 13.0 Å². The number of rotatable bonds is 11. The fraction of sp³-hybridized carbons (Fsp3) is 0.731. The second kappa shape index (κ2) is 12.7. The quantitative estimate of drug-likeness (QED) is 0.495. The highest BCUT2D eigenvalue weighted by molar-refractivity contribution is 5.82. The van der Waals surface area contributed by atoms with E-state index in [2.05, 4.69) is 53.3 Å². The highest BCUT2D eigenvalue weighted by atomic mass is 16.5. The van der Waals surface area contributed by atoms with Gasteiger partial charge in [0.05, 0.1) is 19.8 Å². The zero-order valence-electron chi connectivity index (χ0n) is 21.3. The largest absolute Gasteiger partial charge is 0.496 e. The van der Waals surface area contributed by atoms with E-state index in [9.17, 15) is 4.79 Å². The number of benzene rings is 1. The van der Waals surface area contributed by atoms with Gasteiger partial charge in [-0.2, -0.15) is 0 Å². The summed E-state index contributed by atoms with van der Waals surface area (Å²) >= 11 is 0. The molecule has 3 rings (SSSR count). The monoisotopic (exact) mass is 460 g/mol. The molecule has 2 aliphatic heterocycles. The van der Waals surface area contributed by atoms with Crippen molar-refractivity contribution in [3.63, 3.8) is 0 Å². The lowest BCUT2D eigenvalue weighted by atomic mass is 10.0. The van der Waals surface area contributed by atoms with Gasteiger partial charge in [-0.25, -0.2) is 0 Å². The van der Waals surface area contributed by atoms with Crippen molar-refractivity contribution >= 4 is 5.91 Å². The Balaban J connectivity index is 1.64. The number of nitrogens with one attached hydrogen (secondary N) is 2. The van der Waals surface area contributed by atoms with Gasteiger partial charge in [0.15, 0.2) is 0 Å². The van der Waals surface area contributed by atoms with Gasteiger partial charge >= 0.3 is 0 Å². The summed E-state index contributed by atoms with van der Waals surface area (Å²) in [6, 6.07) is 4.92. The van der Waals surface area contributed by atoms with Gasteiger partial charge < -0.3 is 25.0 Å². The Hall–Kier alpha value is -1.67. The summed E-state index contributed by atoms with van der Waals surface area (Å²) in [6.45, 7) is 12.8. The molecular weight excluding hydrogens is 416 g/mol. The van der Waals surface area contributed by atoms with Crippen LogP contribution in [-0.4, -0.2) is 87.4 Å². The Kier molecular flexibility index (Phi) is 9.98. The molecule has 33 heavy (non-hydrogen) atoms. The third-order valence-electron chi connectivity index (χ3n) is 7.46. The molecule has 1 aromatic carbocycles. The molecule has 2 N–H and O–H groups in total. The Morgan fingerprint density at radius 1 is 1.15 bits per heavy atom. The number of likely N-dealkylation sites (tertiary alicyclic amines) is 2. The van der Waals surface area contributed by atoms with Crippen LogP contribution in [0.25, 0.3) is 0 Å². The average Bonchev–Trinajstić information content (AvgIpc) is 3.25. The van der Waals surface area contributed by atoms with Crippen LogP contribution < -0.4 is 15.4 Å². The number of ether oxygens (including phenoxy) is 2. The van der Waals surface area contributed by atoms with E-state index in [0.717, 1.165) is 51.2 Å². The van der Waals surface area contributed by atoms with E-state index in [-0.39, 0.29) is 11.9 Å². The number of piperidine rings is 1. The summed E-state index contributed by atoms with van der Waals surface area (Å²) in [7, 11) is 3.39. The molecule has 0 spiro atoms. The van der Waals surface area contributed by atoms with Gasteiger partial charge in [0.1, 0.15) is 5.75 Å². The summed E-state index contributed by atoms with van der Waals surface area (Å²) in [5, 5.41) is 6.85. The van der Waals surface area contributed by atoms with Gasteiger partial charge in [0, 0.05) is 38.8 Å². The van der Waals surface area contributed by atoms with Crippen LogP contribution in [-0.2, 0) is 16.1 Å². The van der Waals surface area contributed by atoms with Crippen LogP contribution in [0.1, 0.15) is 49.3 Å². The van der Waals surface area contributed by atoms with E-state index in [1.54, 1.807) is 14.2 Å². The highest BCUT2D eigenvalue weighted by Gasteiger charge is 2.40. The molecule has 7 nitrogen and oxygen atoms in total. The molecule has 0 radical (unpaired) electrons. The molecule has 2 atom stereocenters. The fourth-order valence-electron chi connectivity index (χ4n) is 5.37. The van der Waals surface area contributed by atoms with Crippen molar-refractivity contribution in [3.05, 3.63) is 28.8 Å². The molecule has 1 aromatic rings. The molecule has 0 unspecified atom stereocenters. The van der Waals surface area contributed by atoms with Crippen molar-refractivity contribution in [2.45, 2.75) is 71.1 Å². The minimum atomic E-state index is -0.0687. The maximum atomic E-state index is 13.1. The fourth-order valence-corrected chi connectivity index (χ4v) is 5.37. The van der Waals surface area contributed by atoms with Crippen LogP contribution in [0.15, 0.2) is 12.1 Å². The first kappa shape index (κ1) is 25.9. The van der Waals surface area contributed by atoms with E-state index in [1.807, 2.05) is 0 Å². The van der Waals surface area contributed by atoms with Crippen molar-refractivity contribution in [3.8, 4) is 5.75 Å². The summed E-state index contributed by atoms with van der Waals surface area (Å²) in [4.78, 5) is 18.1. The third-order valence-corrected chi connectivity index (χ3v) is 7.46. The Morgan fingerprint density at radius 2 is 1.91 bits per heavy atom. The first-order valence-electron chi connectivity index (χ1n) is 12.6. The number of amides is 1. The lowest BCUT2D eigenvalue weighted by molar-refractivity contribution is -0.126. The van der Waals surface area contributed by atoms with Crippen LogP contribution >= 0.6 is 0 Å². The van der Waals surface area contributed by atoms with Crippen LogP contribution in [0, 0.1) is 13.8 Å². The SMILES string of the molecule is CCCN1CCC(N2C[C@H](NCc3ccc(OC)c(C)c3C)C[C@H]2C(=O)NCCOC)CC1. The summed E-state index contributed by atoms with van der Waals surface area (Å²) in [6.07, 6.45) is 4.34. The third kappa shape index (κ3) is 6.69. The normalized spacial score (nSPS) is 22.6. The molecule has 0 aromatic heterocycles. The summed E-state index contributed by atoms with van der Waals surface area (Å²) in [5.41, 5.74) is 3.76. The van der Waals surface area contributed by atoms with Crippen LogP contribution in [0.4, 0.5) is 0 Å². The van der Waals surface area contributed by atoms with Gasteiger partial charge in [-0.15, -0.1) is 0 Å². The molecule has 1 amide bonds. The number of nitrogens with zero attached hydrogens (tertiary/aromatic N) is 2. The van der Waals surface area contributed by atoms with Crippen molar-refractivity contribution in [2.75, 3.05) is 53.6 Å². The standard InChI is InChI=1S/C26H44N4O3/c1-6-12-29-13-9-23(10-14-29)30-18-22(16-24(30)26(31)27-11-15-32-4)28-17-21-7-8-25(33-5)20(3)19(21)2/h7-8,22-24,28H,6,9-18H2,1-5H3,(H,27,31)/t22-,24+/m1/s1. The van der Waals surface area contributed by atoms with Crippen molar-refractivity contribution in [1.82, 2.24) is 20.4 Å². The number of carbonyl (C=O) groups excluding carboxylic acids is 1. The first-order chi connectivity index (χ1) is 16.0. The second-order valence-corrected chi connectivity index (χ2v) is 9.56. The molecule has 0 saturated carbocycles. The van der Waals surface area contributed by atoms with E-state index in [1.165, 1.54) is 29.7 Å². The summed E-state index contributed by atoms with van der Waals surface area (Å²) in [5.74, 6) is 1.08. The maximum absolute atomic E-state index is 13.1. The Bertz CT molecular complexity index is 764. The predicted octanol–water partition coefficient (Wildman–Crippen LogP) is 2.48. The zero-order chi connectivity index (χ0) is 23.8. The maximum Gasteiger partial charge on any atom is 0.237 e. The summed E-state index contributed by atoms with van der Waals surface area (Å²) < 4.78 is 10.6. The number of hydrogen-bond donors (Lipinski definition) is 2. The molecule has 0 aliphatic carbocycles. The molecule has 7 heteroatoms. The predicted molar refractivity (Wildman–Crippen MR) is 133 cm³/mol. The molecule has 2 heterocycles. The topological polar surface area (TPSA) is 66.1 Å². The van der Waals surface area contributed by atoms with E-state index in [0.29, 0.717) is 25.2 Å². The molecule has 2 saturated heterocycles. The van der Waals surface area contributed by atoms with Gasteiger partial charge in [-0.05, 0) is 81.9 Å². The first-order valence-corrected chi connectivity index (χ1v) is 12.6. The Labute approximate surface area is 200 Å². The van der Waals surface area contributed by atoms with Gasteiger partial charge in [0.25, 0.3) is 0 Å². The number of methoxy groups -OCH3 is 2. The smallest absolute Gasteiger partial charge is 0.237 e. The van der Waals surface area contributed by atoms with Crippen LogP contribution in [0.5, 0.6) is 5.75 Å². The average molecular weight is 461 g/mol. The van der Waals surface area contributed by atoms with Crippen LogP contribution in [0.2, 0.25) is 0 Å². The molecule has 2 aliphatic rings. The lowest BCUT2D eigenvalue weighted by Gasteiger charge is -2.39. The second-order valence-electron chi connectivity index (χ2n) is 9.56. The van der Waals surface area contributed by atoms with Crippen molar-refractivity contribution in [1.29, 1.82) is 0 Å². The molecule has 0 bridgehead atoms. The van der Waals surface area contributed by atoms with E-state index in [4.69, 9.17) is 9.47 Å². The minimum absolute atomic E-state index is 0.0687. The molecule has 186 valence electrons. The van der Waals surface area contributed by atoms with Crippen LogP contribution in [0.3, 0.4) is 0 Å². The number of hydrogen-bond acceptors (Lipinski definition) is 6. The molecule has 2 fully saturated rings. The Morgan fingerprint density at radius 3 is 2.58 bits per heavy atom. The highest BCUT2D eigenvalue weighted by Crippen LogP contribution is 2.28. The zero-order valence-corrected chi connectivity index (χ0v) is 21.3. The number of carbonyl (C=O) groups is 1. The minimum Gasteiger partial charge on any atom is -0.496 e. The molecular formula is C26H44N4O3. The van der Waals surface area contributed by atoms with Crippen molar-refractivity contribution in [2.24, 2.45) is 0 Å². The van der Waals surface area contributed by atoms with E-state index < -0.39 is 0 Å². The van der Waals surface area contributed by atoms with Crippen molar-refractivity contribution < 1.29 is 14.3 Å². The van der Waals surface area contributed by atoms with Gasteiger partial charge in [0.2, 0.25) is 5.91 Å². The van der Waals surface area contributed by atoms with Gasteiger partial charge in [-0.3, -0.25) is 9.69 Å². The van der Waals surface area contributed by atoms with E-state index >= 15 is 0 Å². The lowest BCUT2D eigenvalue weighted by Crippen LogP contribution is -2.51.